The molecule has 0 saturated heterocycles. The van der Waals surface area contributed by atoms with Crippen molar-refractivity contribution in [1.29, 1.82) is 0 Å². The van der Waals surface area contributed by atoms with E-state index < -0.39 is 0 Å². The van der Waals surface area contributed by atoms with Crippen molar-refractivity contribution in [3.8, 4) is 5.69 Å². The number of nitrogen functional groups attached to an aromatic ring is 1. The molecule has 0 aliphatic heterocycles. The lowest BCUT2D eigenvalue weighted by Gasteiger charge is -2.11. The second-order valence-corrected chi connectivity index (χ2v) is 4.89. The van der Waals surface area contributed by atoms with E-state index in [9.17, 15) is 0 Å². The molecule has 0 saturated carbocycles. The molecule has 0 aliphatic carbocycles. The zero-order valence-electron chi connectivity index (χ0n) is 10.4. The summed E-state index contributed by atoms with van der Waals surface area (Å²) in [6, 6.07) is 5.45. The van der Waals surface area contributed by atoms with Gasteiger partial charge in [0.25, 0.3) is 0 Å². The summed E-state index contributed by atoms with van der Waals surface area (Å²) >= 11 is 12.5. The molecule has 1 aromatic carbocycles. The van der Waals surface area contributed by atoms with Crippen molar-refractivity contribution in [3.05, 3.63) is 39.6 Å². The fraction of sp³-hybridized carbons (Fsp3) is 0.308. The second-order valence-electron chi connectivity index (χ2n) is 4.08. The third-order valence-electron chi connectivity index (χ3n) is 2.81. The van der Waals surface area contributed by atoms with Crippen molar-refractivity contribution in [2.45, 2.75) is 26.7 Å². The molecule has 0 aliphatic rings. The first-order valence-electron chi connectivity index (χ1n) is 5.89. The fourth-order valence-electron chi connectivity index (χ4n) is 1.88. The lowest BCUT2D eigenvalue weighted by molar-refractivity contribution is 0.794. The number of nitrogens with two attached hydrogens (primary N) is 1. The Morgan fingerprint density at radius 2 is 1.72 bits per heavy atom. The fourth-order valence-corrected chi connectivity index (χ4v) is 2.54. The summed E-state index contributed by atoms with van der Waals surface area (Å²) in [6.07, 6.45) is 1.74. The van der Waals surface area contributed by atoms with Gasteiger partial charge in [0.2, 0.25) is 0 Å². The van der Waals surface area contributed by atoms with Crippen LogP contribution in [0.3, 0.4) is 0 Å². The molecule has 0 bridgehead atoms. The van der Waals surface area contributed by atoms with Crippen LogP contribution in [0, 0.1) is 0 Å². The highest BCUT2D eigenvalue weighted by molar-refractivity contribution is 6.38. The van der Waals surface area contributed by atoms with Gasteiger partial charge >= 0.3 is 0 Å². The van der Waals surface area contributed by atoms with E-state index in [2.05, 4.69) is 25.0 Å². The molecule has 0 fully saturated rings. The molecule has 2 rings (SSSR count). The van der Waals surface area contributed by atoms with Gasteiger partial charge in [0, 0.05) is 11.4 Å². The summed E-state index contributed by atoms with van der Waals surface area (Å²) in [4.78, 5) is 0. The molecule has 3 nitrogen and oxygen atoms in total. The number of hydrogen-bond donors (Lipinski definition) is 1. The van der Waals surface area contributed by atoms with Gasteiger partial charge in [-0.3, -0.25) is 0 Å². The molecule has 1 heterocycles. The normalized spacial score (nSPS) is 10.9. The maximum atomic E-state index is 6.23. The summed E-state index contributed by atoms with van der Waals surface area (Å²) in [5.41, 5.74) is 9.07. The van der Waals surface area contributed by atoms with Crippen LogP contribution in [0.4, 0.5) is 5.69 Å². The van der Waals surface area contributed by atoms with Gasteiger partial charge in [-0.1, -0.05) is 37.0 Å². The maximum Gasteiger partial charge on any atom is 0.102 e. The Morgan fingerprint density at radius 1 is 1.11 bits per heavy atom. The Labute approximate surface area is 117 Å². The highest BCUT2D eigenvalue weighted by atomic mass is 35.5. The molecule has 2 aromatic rings. The Bertz CT molecular complexity index is 553. The van der Waals surface area contributed by atoms with Crippen LogP contribution in [0.25, 0.3) is 5.69 Å². The number of benzene rings is 1. The Balaban J connectivity index is 2.64. The molecule has 0 amide bonds. The van der Waals surface area contributed by atoms with E-state index in [1.54, 1.807) is 12.1 Å². The van der Waals surface area contributed by atoms with Crippen LogP contribution in [0.1, 0.15) is 25.2 Å². The molecule has 0 unspecified atom stereocenters. The summed E-state index contributed by atoms with van der Waals surface area (Å²) in [6.45, 7) is 4.14. The van der Waals surface area contributed by atoms with Gasteiger partial charge in [0.05, 0.1) is 15.7 Å². The van der Waals surface area contributed by atoms with Crippen molar-refractivity contribution < 1.29 is 0 Å². The maximum absolute atomic E-state index is 6.23. The zero-order valence-corrected chi connectivity index (χ0v) is 11.9. The number of aromatic nitrogens is 2. The van der Waals surface area contributed by atoms with E-state index in [4.69, 9.17) is 28.9 Å². The van der Waals surface area contributed by atoms with E-state index in [-0.39, 0.29) is 0 Å². The number of rotatable bonds is 3. The molecular weight excluding hydrogens is 269 g/mol. The van der Waals surface area contributed by atoms with Gasteiger partial charge in [0.15, 0.2) is 0 Å². The van der Waals surface area contributed by atoms with Crippen molar-refractivity contribution in [1.82, 2.24) is 9.78 Å². The van der Waals surface area contributed by atoms with E-state index in [1.807, 2.05) is 4.68 Å². The number of hydrogen-bond acceptors (Lipinski definition) is 2. The van der Waals surface area contributed by atoms with Gasteiger partial charge in [-0.05, 0) is 31.0 Å². The summed E-state index contributed by atoms with van der Waals surface area (Å²) < 4.78 is 1.81. The van der Waals surface area contributed by atoms with Crippen molar-refractivity contribution in [3.63, 3.8) is 0 Å². The minimum Gasteiger partial charge on any atom is -0.399 e. The zero-order chi connectivity index (χ0) is 13.3. The van der Waals surface area contributed by atoms with Gasteiger partial charge in [0.1, 0.15) is 5.69 Å². The average molecular weight is 284 g/mol. The molecule has 96 valence electrons. The van der Waals surface area contributed by atoms with Crippen molar-refractivity contribution in [2.24, 2.45) is 0 Å². The standard InChI is InChI=1S/C13H15Cl2N3/c1-3-9-7-10(4-2)18(17-9)13-11(14)5-8(16)6-12(13)15/h5-7H,3-4,16H2,1-2H3. The van der Waals surface area contributed by atoms with Gasteiger partial charge in [-0.15, -0.1) is 0 Å². The van der Waals surface area contributed by atoms with Crippen molar-refractivity contribution >= 4 is 28.9 Å². The second kappa shape index (κ2) is 5.21. The Morgan fingerprint density at radius 3 is 2.22 bits per heavy atom. The van der Waals surface area contributed by atoms with Crippen LogP contribution in [0.15, 0.2) is 18.2 Å². The first kappa shape index (κ1) is 13.2. The predicted molar refractivity (Wildman–Crippen MR) is 76.8 cm³/mol. The highest BCUT2D eigenvalue weighted by Gasteiger charge is 2.14. The third kappa shape index (κ3) is 2.33. The third-order valence-corrected chi connectivity index (χ3v) is 3.39. The van der Waals surface area contributed by atoms with E-state index in [1.165, 1.54) is 0 Å². The topological polar surface area (TPSA) is 43.8 Å². The number of anilines is 1. The molecule has 1 aromatic heterocycles. The van der Waals surface area contributed by atoms with E-state index in [0.29, 0.717) is 21.4 Å². The highest BCUT2D eigenvalue weighted by Crippen LogP contribution is 2.32. The molecule has 5 heteroatoms. The molecule has 18 heavy (non-hydrogen) atoms. The smallest absolute Gasteiger partial charge is 0.102 e. The summed E-state index contributed by atoms with van der Waals surface area (Å²) in [5.74, 6) is 0. The Hall–Kier alpha value is -1.19. The van der Waals surface area contributed by atoms with Crippen LogP contribution in [0.2, 0.25) is 10.0 Å². The SMILES string of the molecule is CCc1cc(CC)n(-c2c(Cl)cc(N)cc2Cl)n1. The van der Waals surface area contributed by atoms with Gasteiger partial charge in [-0.2, -0.15) is 5.10 Å². The van der Waals surface area contributed by atoms with E-state index in [0.717, 1.165) is 24.2 Å². The molecular formula is C13H15Cl2N3. The number of nitrogens with zero attached hydrogens (tertiary/aromatic N) is 2. The monoisotopic (exact) mass is 283 g/mol. The molecule has 0 radical (unpaired) electrons. The lowest BCUT2D eigenvalue weighted by Crippen LogP contribution is -2.04. The van der Waals surface area contributed by atoms with Crippen LogP contribution in [-0.2, 0) is 12.8 Å². The van der Waals surface area contributed by atoms with Gasteiger partial charge in [-0.25, -0.2) is 4.68 Å². The molecule has 2 N–H and O–H groups in total. The van der Waals surface area contributed by atoms with Crippen LogP contribution >= 0.6 is 23.2 Å². The van der Waals surface area contributed by atoms with E-state index >= 15 is 0 Å². The first-order chi connectivity index (χ1) is 8.56. The largest absolute Gasteiger partial charge is 0.399 e. The van der Waals surface area contributed by atoms with Crippen molar-refractivity contribution in [2.75, 3.05) is 5.73 Å². The number of aryl methyl sites for hydroxylation is 2. The number of halogens is 2. The summed E-state index contributed by atoms with van der Waals surface area (Å²) in [5, 5.41) is 5.56. The quantitative estimate of drug-likeness (QED) is 0.869. The predicted octanol–water partition coefficient (Wildman–Crippen LogP) is 3.89. The lowest BCUT2D eigenvalue weighted by atomic mass is 10.2. The van der Waals surface area contributed by atoms with Crippen LogP contribution in [0.5, 0.6) is 0 Å². The van der Waals surface area contributed by atoms with Crippen LogP contribution in [-0.4, -0.2) is 9.78 Å². The van der Waals surface area contributed by atoms with Crippen LogP contribution < -0.4 is 5.73 Å². The Kier molecular flexibility index (Phi) is 3.83. The first-order valence-corrected chi connectivity index (χ1v) is 6.65. The minimum atomic E-state index is 0.514. The molecule has 0 spiro atoms. The minimum absolute atomic E-state index is 0.514. The average Bonchev–Trinajstić information content (AvgIpc) is 2.71. The summed E-state index contributed by atoms with van der Waals surface area (Å²) in [7, 11) is 0. The molecule has 0 atom stereocenters. The van der Waals surface area contributed by atoms with Gasteiger partial charge < -0.3 is 5.73 Å².